The molecule has 6 nitrogen and oxygen atoms in total. The minimum atomic E-state index is -1.05. The van der Waals surface area contributed by atoms with Gasteiger partial charge in [-0.15, -0.1) is 0 Å². The van der Waals surface area contributed by atoms with E-state index < -0.39 is 36.4 Å². The van der Waals surface area contributed by atoms with Crippen LogP contribution in [0.5, 0.6) is 0 Å². The van der Waals surface area contributed by atoms with Gasteiger partial charge < -0.3 is 24.1 Å². The number of rotatable bonds is 2. The van der Waals surface area contributed by atoms with Gasteiger partial charge in [-0.3, -0.25) is 0 Å². The van der Waals surface area contributed by atoms with Crippen LogP contribution in [0.1, 0.15) is 20.8 Å². The number of fused-ring (bicyclic) bond motifs is 1. The number of hydrogen-bond donors (Lipinski definition) is 1. The summed E-state index contributed by atoms with van der Waals surface area (Å²) in [6.07, 6.45) is -3.42. The van der Waals surface area contributed by atoms with E-state index in [1.54, 1.807) is 20.8 Å². The quantitative estimate of drug-likeness (QED) is 0.664. The van der Waals surface area contributed by atoms with E-state index in [2.05, 4.69) is 0 Å². The fourth-order valence-electron chi connectivity index (χ4n) is 1.91. The third kappa shape index (κ3) is 1.93. The molecule has 0 amide bonds. The predicted octanol–water partition coefficient (Wildman–Crippen LogP) is -0.213. The lowest BCUT2D eigenvalue weighted by Crippen LogP contribution is -2.39. The molecule has 2 saturated heterocycles. The molecule has 2 heterocycles. The number of aliphatic hydroxyl groups excluding tert-OH is 1. The zero-order valence-electron chi connectivity index (χ0n) is 9.50. The molecule has 0 aromatic carbocycles. The third-order valence-electron chi connectivity index (χ3n) is 2.53. The third-order valence-corrected chi connectivity index (χ3v) is 2.53. The van der Waals surface area contributed by atoms with Gasteiger partial charge in [-0.1, -0.05) is 0 Å². The highest BCUT2D eigenvalue weighted by atomic mass is 16.8. The van der Waals surface area contributed by atoms with Crippen LogP contribution in [0.15, 0.2) is 0 Å². The van der Waals surface area contributed by atoms with E-state index in [0.717, 1.165) is 0 Å². The van der Waals surface area contributed by atoms with Crippen molar-refractivity contribution in [3.8, 4) is 0 Å². The zero-order valence-corrected chi connectivity index (χ0v) is 9.50. The van der Waals surface area contributed by atoms with Crippen molar-refractivity contribution in [2.24, 2.45) is 0 Å². The van der Waals surface area contributed by atoms with Gasteiger partial charge in [-0.05, 0) is 20.8 Å². The molecule has 0 spiro atoms. The average Bonchev–Trinajstić information content (AvgIpc) is 2.62. The predicted molar refractivity (Wildman–Crippen MR) is 51.3 cm³/mol. The summed E-state index contributed by atoms with van der Waals surface area (Å²) in [5, 5.41) is 9.86. The molecule has 16 heavy (non-hydrogen) atoms. The number of esters is 1. The molecule has 2 fully saturated rings. The lowest BCUT2D eigenvalue weighted by Gasteiger charge is -2.21. The van der Waals surface area contributed by atoms with Gasteiger partial charge in [0.1, 0.15) is 12.2 Å². The number of hydrogen-bond acceptors (Lipinski definition) is 6. The highest BCUT2D eigenvalue weighted by molar-refractivity contribution is 5.76. The van der Waals surface area contributed by atoms with E-state index in [1.807, 2.05) is 0 Å². The Morgan fingerprint density at radius 1 is 1.44 bits per heavy atom. The van der Waals surface area contributed by atoms with Gasteiger partial charge >= 0.3 is 5.97 Å². The van der Waals surface area contributed by atoms with Crippen LogP contribution >= 0.6 is 0 Å². The Morgan fingerprint density at radius 3 is 2.69 bits per heavy atom. The van der Waals surface area contributed by atoms with Gasteiger partial charge in [-0.25, -0.2) is 4.79 Å². The van der Waals surface area contributed by atoms with Gasteiger partial charge in [0.25, 0.3) is 0 Å². The monoisotopic (exact) mass is 232 g/mol. The van der Waals surface area contributed by atoms with Gasteiger partial charge in [-0.2, -0.15) is 0 Å². The number of aliphatic hydroxyl groups is 1. The zero-order chi connectivity index (χ0) is 11.9. The molecule has 1 N–H and O–H groups in total. The Hall–Kier alpha value is -0.690. The first-order valence-electron chi connectivity index (χ1n) is 5.30. The minimum Gasteiger partial charge on any atom is -0.464 e. The Balaban J connectivity index is 2.02. The molecule has 0 radical (unpaired) electrons. The normalized spacial score (nSPS) is 40.8. The molecule has 0 aromatic rings. The molecular weight excluding hydrogens is 216 g/mol. The van der Waals surface area contributed by atoms with Crippen molar-refractivity contribution in [3.63, 3.8) is 0 Å². The van der Waals surface area contributed by atoms with E-state index in [4.69, 9.17) is 18.9 Å². The second-order valence-corrected chi connectivity index (χ2v) is 4.27. The number of carbonyl (C=O) groups excluding carboxylic acids is 1. The van der Waals surface area contributed by atoms with E-state index in [-0.39, 0.29) is 6.61 Å². The first-order valence-corrected chi connectivity index (χ1v) is 5.30. The Labute approximate surface area is 93.4 Å². The molecule has 2 rings (SSSR count). The molecule has 0 aliphatic carbocycles. The van der Waals surface area contributed by atoms with Crippen LogP contribution in [0.25, 0.3) is 0 Å². The SMILES string of the molecule is CCOC(=O)[C@H]1O[C@@H]2OC(C)(C)O[C@@H]2[C@H]1O. The summed E-state index contributed by atoms with van der Waals surface area (Å²) < 4.78 is 20.9. The van der Waals surface area contributed by atoms with Crippen LogP contribution in [0.4, 0.5) is 0 Å². The minimum absolute atomic E-state index is 0.244. The molecule has 2 aliphatic rings. The number of ether oxygens (including phenoxy) is 4. The summed E-state index contributed by atoms with van der Waals surface area (Å²) in [5.41, 5.74) is 0. The van der Waals surface area contributed by atoms with Crippen molar-refractivity contribution in [1.29, 1.82) is 0 Å². The van der Waals surface area contributed by atoms with Gasteiger partial charge in [0.15, 0.2) is 18.2 Å². The highest BCUT2D eigenvalue weighted by Crippen LogP contribution is 2.37. The van der Waals surface area contributed by atoms with Crippen molar-refractivity contribution in [2.45, 2.75) is 51.2 Å². The first kappa shape index (κ1) is 11.8. The van der Waals surface area contributed by atoms with E-state index in [0.29, 0.717) is 0 Å². The fourth-order valence-corrected chi connectivity index (χ4v) is 1.91. The van der Waals surface area contributed by atoms with E-state index in [9.17, 15) is 9.90 Å². The van der Waals surface area contributed by atoms with Crippen LogP contribution < -0.4 is 0 Å². The lowest BCUT2D eigenvalue weighted by molar-refractivity contribution is -0.220. The lowest BCUT2D eigenvalue weighted by atomic mass is 10.1. The average molecular weight is 232 g/mol. The second-order valence-electron chi connectivity index (χ2n) is 4.27. The van der Waals surface area contributed by atoms with Gasteiger partial charge in [0.05, 0.1) is 6.61 Å². The summed E-state index contributed by atoms with van der Waals surface area (Å²) in [6, 6.07) is 0. The van der Waals surface area contributed by atoms with Crippen LogP contribution in [0.2, 0.25) is 0 Å². The molecular formula is C10H16O6. The summed E-state index contributed by atoms with van der Waals surface area (Å²) in [7, 11) is 0. The Bertz CT molecular complexity index is 289. The Kier molecular flexibility index (Phi) is 2.91. The molecule has 2 aliphatic heterocycles. The molecule has 6 heteroatoms. The van der Waals surface area contributed by atoms with Gasteiger partial charge in [0, 0.05) is 0 Å². The van der Waals surface area contributed by atoms with Crippen molar-refractivity contribution >= 4 is 5.97 Å². The topological polar surface area (TPSA) is 74.2 Å². The largest absolute Gasteiger partial charge is 0.464 e. The molecule has 0 saturated carbocycles. The maximum Gasteiger partial charge on any atom is 0.338 e. The van der Waals surface area contributed by atoms with Crippen molar-refractivity contribution < 1.29 is 28.8 Å². The second kappa shape index (κ2) is 3.96. The van der Waals surface area contributed by atoms with Crippen molar-refractivity contribution in [3.05, 3.63) is 0 Å². The Morgan fingerprint density at radius 2 is 2.12 bits per heavy atom. The van der Waals surface area contributed by atoms with Crippen molar-refractivity contribution in [1.82, 2.24) is 0 Å². The molecule has 0 unspecified atom stereocenters. The summed E-state index contributed by atoms with van der Waals surface area (Å²) in [6.45, 7) is 5.38. The summed E-state index contributed by atoms with van der Waals surface area (Å²) in [5.74, 6) is -1.38. The first-order chi connectivity index (χ1) is 7.44. The molecule has 92 valence electrons. The number of carbonyl (C=O) groups is 1. The van der Waals surface area contributed by atoms with Crippen LogP contribution in [-0.4, -0.2) is 48.1 Å². The van der Waals surface area contributed by atoms with Crippen LogP contribution in [0, 0.1) is 0 Å². The molecule has 0 bridgehead atoms. The molecule has 0 aromatic heterocycles. The molecule has 4 atom stereocenters. The maximum atomic E-state index is 11.4. The fraction of sp³-hybridized carbons (Fsp3) is 0.900. The highest BCUT2D eigenvalue weighted by Gasteiger charge is 2.56. The van der Waals surface area contributed by atoms with Crippen molar-refractivity contribution in [2.75, 3.05) is 6.61 Å². The summed E-state index contributed by atoms with van der Waals surface area (Å²) >= 11 is 0. The summed E-state index contributed by atoms with van der Waals surface area (Å²) in [4.78, 5) is 11.4. The van der Waals surface area contributed by atoms with Gasteiger partial charge in [0.2, 0.25) is 0 Å². The van der Waals surface area contributed by atoms with Crippen LogP contribution in [-0.2, 0) is 23.7 Å². The van der Waals surface area contributed by atoms with E-state index >= 15 is 0 Å². The van der Waals surface area contributed by atoms with Crippen LogP contribution in [0.3, 0.4) is 0 Å². The smallest absolute Gasteiger partial charge is 0.338 e. The standard InChI is InChI=1S/C10H16O6/c1-4-13-8(12)6-5(11)7-9(14-6)16-10(2,3)15-7/h5-7,9,11H,4H2,1-3H3/t5-,6-,7+,9+/m0/s1. The van der Waals surface area contributed by atoms with E-state index in [1.165, 1.54) is 0 Å². The maximum absolute atomic E-state index is 11.4.